The molecule has 0 spiro atoms. The van der Waals surface area contributed by atoms with E-state index in [1.807, 2.05) is 0 Å². The SMILES string of the molecule is Cc1cc(Br)c(NC2=NC(C)C(C)CS2)c(Br)c1. The van der Waals surface area contributed by atoms with E-state index >= 15 is 0 Å². The van der Waals surface area contributed by atoms with E-state index in [2.05, 4.69) is 70.1 Å². The van der Waals surface area contributed by atoms with Crippen molar-refractivity contribution in [2.75, 3.05) is 11.1 Å². The molecule has 2 unspecified atom stereocenters. The predicted octanol–water partition coefficient (Wildman–Crippen LogP) is 5.06. The van der Waals surface area contributed by atoms with E-state index in [1.165, 1.54) is 5.56 Å². The Hall–Kier alpha value is -0.000000000000000111. The molecular formula is C13H16Br2N2S. The van der Waals surface area contributed by atoms with Crippen LogP contribution in [0, 0.1) is 12.8 Å². The van der Waals surface area contributed by atoms with Crippen molar-refractivity contribution in [3.05, 3.63) is 26.6 Å². The summed E-state index contributed by atoms with van der Waals surface area (Å²) in [5.74, 6) is 1.76. The Morgan fingerprint density at radius 1 is 1.28 bits per heavy atom. The fraction of sp³-hybridized carbons (Fsp3) is 0.462. The van der Waals surface area contributed by atoms with E-state index in [0.717, 1.165) is 25.6 Å². The van der Waals surface area contributed by atoms with Crippen LogP contribution in [0.5, 0.6) is 0 Å². The van der Waals surface area contributed by atoms with Gasteiger partial charge in [0.15, 0.2) is 5.17 Å². The maximum atomic E-state index is 4.69. The van der Waals surface area contributed by atoms with Crippen molar-refractivity contribution < 1.29 is 0 Å². The van der Waals surface area contributed by atoms with Gasteiger partial charge in [-0.1, -0.05) is 18.7 Å². The monoisotopic (exact) mass is 390 g/mol. The molecule has 1 aromatic carbocycles. The van der Waals surface area contributed by atoms with E-state index in [9.17, 15) is 0 Å². The van der Waals surface area contributed by atoms with Gasteiger partial charge in [0.25, 0.3) is 0 Å². The highest BCUT2D eigenvalue weighted by molar-refractivity contribution is 9.11. The van der Waals surface area contributed by atoms with Crippen LogP contribution in [0.4, 0.5) is 5.69 Å². The molecule has 2 nitrogen and oxygen atoms in total. The second kappa shape index (κ2) is 5.97. The molecule has 1 aromatic rings. The number of amidine groups is 1. The van der Waals surface area contributed by atoms with Gasteiger partial charge in [-0.15, -0.1) is 0 Å². The molecule has 0 aliphatic carbocycles. The van der Waals surface area contributed by atoms with Crippen LogP contribution < -0.4 is 5.32 Å². The molecule has 0 fully saturated rings. The van der Waals surface area contributed by atoms with Crippen molar-refractivity contribution in [1.82, 2.24) is 0 Å². The van der Waals surface area contributed by atoms with Gasteiger partial charge < -0.3 is 5.32 Å². The van der Waals surface area contributed by atoms with Crippen molar-refractivity contribution in [3.63, 3.8) is 0 Å². The third-order valence-electron chi connectivity index (χ3n) is 3.05. The summed E-state index contributed by atoms with van der Waals surface area (Å²) in [5, 5.41) is 4.42. The maximum absolute atomic E-state index is 4.69. The zero-order valence-corrected chi connectivity index (χ0v) is 14.6. The average molecular weight is 392 g/mol. The molecule has 18 heavy (non-hydrogen) atoms. The van der Waals surface area contributed by atoms with Gasteiger partial charge in [-0.05, 0) is 69.3 Å². The number of thioether (sulfide) groups is 1. The third-order valence-corrected chi connectivity index (χ3v) is 5.47. The molecule has 0 bridgehead atoms. The summed E-state index contributed by atoms with van der Waals surface area (Å²) in [6.07, 6.45) is 0. The molecule has 1 N–H and O–H groups in total. The number of aliphatic imine (C=N–C) groups is 1. The number of aryl methyl sites for hydroxylation is 1. The first-order valence-electron chi connectivity index (χ1n) is 5.90. The first-order valence-corrected chi connectivity index (χ1v) is 8.48. The number of hydrogen-bond acceptors (Lipinski definition) is 3. The second-order valence-electron chi connectivity index (χ2n) is 4.69. The zero-order chi connectivity index (χ0) is 13.3. The van der Waals surface area contributed by atoms with Crippen LogP contribution in [0.3, 0.4) is 0 Å². The molecule has 0 amide bonds. The number of nitrogens with zero attached hydrogens (tertiary/aromatic N) is 1. The molecular weight excluding hydrogens is 376 g/mol. The van der Waals surface area contributed by atoms with Crippen LogP contribution in [-0.2, 0) is 0 Å². The number of anilines is 1. The summed E-state index contributed by atoms with van der Waals surface area (Å²) in [6.45, 7) is 6.50. The van der Waals surface area contributed by atoms with Gasteiger partial charge >= 0.3 is 0 Å². The molecule has 1 aliphatic heterocycles. The van der Waals surface area contributed by atoms with Crippen LogP contribution in [0.15, 0.2) is 26.1 Å². The summed E-state index contributed by atoms with van der Waals surface area (Å²) in [7, 11) is 0. The van der Waals surface area contributed by atoms with Crippen molar-refractivity contribution in [1.29, 1.82) is 0 Å². The Morgan fingerprint density at radius 2 is 1.89 bits per heavy atom. The lowest BCUT2D eigenvalue weighted by molar-refractivity contribution is 0.537. The summed E-state index contributed by atoms with van der Waals surface area (Å²) in [5.41, 5.74) is 2.27. The molecule has 5 heteroatoms. The number of nitrogens with one attached hydrogen (secondary N) is 1. The topological polar surface area (TPSA) is 24.4 Å². The molecule has 1 aliphatic rings. The standard InChI is InChI=1S/C13H16Br2N2S/c1-7-4-10(14)12(11(15)5-7)17-13-16-9(3)8(2)6-18-13/h4-5,8-9H,6H2,1-3H3,(H,16,17). The Labute approximate surface area is 129 Å². The average Bonchev–Trinajstić information content (AvgIpc) is 2.28. The molecule has 0 saturated carbocycles. The highest BCUT2D eigenvalue weighted by atomic mass is 79.9. The third kappa shape index (κ3) is 3.31. The minimum atomic E-state index is 0.386. The summed E-state index contributed by atoms with van der Waals surface area (Å²) in [6, 6.07) is 4.59. The van der Waals surface area contributed by atoms with Crippen molar-refractivity contribution in [3.8, 4) is 0 Å². The lowest BCUT2D eigenvalue weighted by Gasteiger charge is -2.24. The second-order valence-corrected chi connectivity index (χ2v) is 7.41. The Bertz CT molecular complexity index is 465. The van der Waals surface area contributed by atoms with Crippen molar-refractivity contribution in [2.45, 2.75) is 26.8 Å². The fourth-order valence-electron chi connectivity index (χ4n) is 1.69. The molecule has 98 valence electrons. The highest BCUT2D eigenvalue weighted by Gasteiger charge is 2.20. The highest BCUT2D eigenvalue weighted by Crippen LogP contribution is 2.34. The number of halogens is 2. The minimum Gasteiger partial charge on any atom is -0.333 e. The van der Waals surface area contributed by atoms with Gasteiger partial charge in [-0.25, -0.2) is 0 Å². The lowest BCUT2D eigenvalue weighted by Crippen LogP contribution is -2.25. The zero-order valence-electron chi connectivity index (χ0n) is 10.6. The van der Waals surface area contributed by atoms with Gasteiger partial charge in [0, 0.05) is 14.7 Å². The van der Waals surface area contributed by atoms with Crippen LogP contribution in [0.25, 0.3) is 0 Å². The minimum absolute atomic E-state index is 0.386. The van der Waals surface area contributed by atoms with E-state index in [4.69, 9.17) is 4.99 Å². The van der Waals surface area contributed by atoms with Crippen molar-refractivity contribution >= 4 is 54.5 Å². The Kier molecular flexibility index (Phi) is 4.78. The first-order chi connectivity index (χ1) is 8.47. The molecule has 2 rings (SSSR count). The molecule has 0 radical (unpaired) electrons. The van der Waals surface area contributed by atoms with E-state index < -0.39 is 0 Å². The van der Waals surface area contributed by atoms with Crippen LogP contribution >= 0.6 is 43.6 Å². The van der Waals surface area contributed by atoms with E-state index in [1.54, 1.807) is 11.8 Å². The Morgan fingerprint density at radius 3 is 2.44 bits per heavy atom. The predicted molar refractivity (Wildman–Crippen MR) is 88.7 cm³/mol. The van der Waals surface area contributed by atoms with Crippen LogP contribution in [0.1, 0.15) is 19.4 Å². The summed E-state index contributed by atoms with van der Waals surface area (Å²) >= 11 is 8.98. The number of hydrogen-bond donors (Lipinski definition) is 1. The van der Waals surface area contributed by atoms with Gasteiger partial charge in [0.2, 0.25) is 0 Å². The normalized spacial score (nSPS) is 23.7. The van der Waals surface area contributed by atoms with Gasteiger partial charge in [-0.2, -0.15) is 0 Å². The van der Waals surface area contributed by atoms with Crippen molar-refractivity contribution in [2.24, 2.45) is 10.9 Å². The lowest BCUT2D eigenvalue weighted by atomic mass is 10.1. The van der Waals surface area contributed by atoms with E-state index in [-0.39, 0.29) is 0 Å². The largest absolute Gasteiger partial charge is 0.333 e. The maximum Gasteiger partial charge on any atom is 0.161 e. The van der Waals surface area contributed by atoms with Gasteiger partial charge in [-0.3, -0.25) is 4.99 Å². The number of benzene rings is 1. The fourth-order valence-corrected chi connectivity index (χ4v) is 4.42. The molecule has 0 aromatic heterocycles. The number of rotatable bonds is 1. The smallest absolute Gasteiger partial charge is 0.161 e. The van der Waals surface area contributed by atoms with Crippen LogP contribution in [0.2, 0.25) is 0 Å². The van der Waals surface area contributed by atoms with E-state index in [0.29, 0.717) is 12.0 Å². The quantitative estimate of drug-likeness (QED) is 0.723. The first kappa shape index (κ1) is 14.4. The molecule has 0 saturated heterocycles. The van der Waals surface area contributed by atoms with Gasteiger partial charge in [0.05, 0.1) is 11.7 Å². The molecule has 2 atom stereocenters. The van der Waals surface area contributed by atoms with Gasteiger partial charge in [0.1, 0.15) is 0 Å². The summed E-state index contributed by atoms with van der Waals surface area (Å²) < 4.78 is 2.12. The Balaban J connectivity index is 2.23. The molecule has 1 heterocycles. The van der Waals surface area contributed by atoms with Crippen LogP contribution in [-0.4, -0.2) is 17.0 Å². The summed E-state index contributed by atoms with van der Waals surface area (Å²) in [4.78, 5) is 4.69.